The van der Waals surface area contributed by atoms with Gasteiger partial charge in [0.15, 0.2) is 17.5 Å². The maximum atomic E-state index is 10.1. The molecule has 0 aliphatic carbocycles. The van der Waals surface area contributed by atoms with Crippen LogP contribution in [0.15, 0.2) is 255 Å². The summed E-state index contributed by atoms with van der Waals surface area (Å²) in [6, 6.07) is 57.6. The van der Waals surface area contributed by atoms with Crippen molar-refractivity contribution in [2.45, 2.75) is 0 Å². The number of rotatable bonds is 7. The van der Waals surface area contributed by atoms with E-state index in [2.05, 4.69) is 74.4 Å². The second-order valence-corrected chi connectivity index (χ2v) is 19.0. The van der Waals surface area contributed by atoms with E-state index in [1.54, 1.807) is 0 Å². The van der Waals surface area contributed by atoms with Gasteiger partial charge in [0.05, 0.1) is 92.7 Å². The van der Waals surface area contributed by atoms with Gasteiger partial charge in [-0.25, -0.2) is 19.8 Å². The molecule has 8 heteroatoms. The van der Waals surface area contributed by atoms with Crippen LogP contribution in [0.3, 0.4) is 0 Å². The summed E-state index contributed by atoms with van der Waals surface area (Å²) in [6.07, 6.45) is 0. The molecular formula is C70H42N8. The van der Waals surface area contributed by atoms with Gasteiger partial charge in [0.1, 0.15) is 0 Å². The molecule has 16 aromatic rings. The van der Waals surface area contributed by atoms with E-state index < -0.39 is 83.2 Å². The van der Waals surface area contributed by atoms with Gasteiger partial charge >= 0.3 is 0 Å². The predicted molar refractivity (Wildman–Crippen MR) is 320 cm³/mol. The van der Waals surface area contributed by atoms with Gasteiger partial charge in [-0.1, -0.05) is 206 Å². The first kappa shape index (κ1) is 34.6. The van der Waals surface area contributed by atoms with Crippen LogP contribution in [0.4, 0.5) is 5.69 Å². The molecule has 16 rings (SSSR count). The fraction of sp³-hybridized carbons (Fsp3) is 0. The lowest BCUT2D eigenvalue weighted by Gasteiger charge is -2.29. The number of fused-ring (bicyclic) bond motifs is 12. The van der Waals surface area contributed by atoms with Crippen LogP contribution in [0, 0.1) is 6.57 Å². The number of nitrogens with zero attached hydrogens (tertiary/aromatic N) is 8. The highest BCUT2D eigenvalue weighted by atomic mass is 15.2. The van der Waals surface area contributed by atoms with Crippen LogP contribution < -0.4 is 0 Å². The third-order valence-electron chi connectivity index (χ3n) is 15.0. The van der Waals surface area contributed by atoms with Gasteiger partial charge in [-0.3, -0.25) is 0 Å². The first-order valence-corrected chi connectivity index (χ1v) is 25.3. The van der Waals surface area contributed by atoms with Gasteiger partial charge < -0.3 is 18.3 Å². The SMILES string of the molecule is [2H]c1c([2H])c([2H])c(-c2nc(-c3c([2H])c([2H])c([2H])c([2H])c3[2H])nc(-c3c(-n4c5ccccc5c5ccccc54)c([N+]#[C-])c(-n4c5ccccc5c5ccccc54)c(-n4c5ccccc5c5ccccc54)c3-n3c4ccccc4c4ccccc43)n2)c([2H])c1[2H]. The van der Waals surface area contributed by atoms with Gasteiger partial charge in [0, 0.05) is 54.2 Å². The standard InChI is InChI=1S/C70H42N8/c1-71-63-64(75-54-36-16-8-28-46(54)47-29-9-17-37-55(47)75)62(70-73-68(44-24-4-2-5-25-44)72-69(74-70)45-26-6-3-7-27-45)65(76-56-38-18-10-30-48(56)49-31-11-19-39-57(49)76)67(78-60-42-22-14-34-52(60)53-35-15-23-43-61(53)78)66(63)77-58-40-20-12-32-50(58)51-33-13-21-41-59(51)77/h2-43H/i2D,3D,4D,5D,6D,7D,24D,25D,26D,27D. The third kappa shape index (κ3) is 6.24. The van der Waals surface area contributed by atoms with E-state index in [1.165, 1.54) is 0 Å². The third-order valence-corrected chi connectivity index (χ3v) is 15.0. The normalized spacial score (nSPS) is 13.6. The molecule has 0 saturated heterocycles. The molecule has 5 heterocycles. The van der Waals surface area contributed by atoms with Gasteiger partial charge in [0.25, 0.3) is 0 Å². The summed E-state index contributed by atoms with van der Waals surface area (Å²) in [4.78, 5) is 20.3. The number of benzene rings is 11. The van der Waals surface area contributed by atoms with Crippen molar-refractivity contribution in [2.75, 3.05) is 0 Å². The van der Waals surface area contributed by atoms with Crippen molar-refractivity contribution in [3.8, 4) is 56.9 Å². The number of hydrogen-bond acceptors (Lipinski definition) is 3. The molecule has 0 spiro atoms. The van der Waals surface area contributed by atoms with Crippen molar-refractivity contribution in [3.05, 3.63) is 266 Å². The van der Waals surface area contributed by atoms with Gasteiger partial charge in [-0.15, -0.1) is 0 Å². The molecule has 0 saturated carbocycles. The van der Waals surface area contributed by atoms with Crippen molar-refractivity contribution >= 4 is 92.9 Å². The summed E-state index contributed by atoms with van der Waals surface area (Å²) >= 11 is 0. The van der Waals surface area contributed by atoms with E-state index in [0.717, 1.165) is 76.2 Å². The van der Waals surface area contributed by atoms with Crippen LogP contribution in [0.2, 0.25) is 0 Å². The second kappa shape index (κ2) is 17.1. The van der Waals surface area contributed by atoms with E-state index >= 15 is 0 Å². The predicted octanol–water partition coefficient (Wildman–Crippen LogP) is 17.8. The Morgan fingerprint density at radius 2 is 0.551 bits per heavy atom. The Labute approximate surface area is 461 Å². The molecule has 0 radical (unpaired) electrons. The van der Waals surface area contributed by atoms with E-state index in [0.29, 0.717) is 28.1 Å². The van der Waals surface area contributed by atoms with Crippen LogP contribution in [0.1, 0.15) is 13.7 Å². The first-order chi connectivity index (χ1) is 42.9. The van der Waals surface area contributed by atoms with Crippen LogP contribution in [0.25, 0.3) is 149 Å². The monoisotopic (exact) mass is 1000 g/mol. The van der Waals surface area contributed by atoms with Crippen LogP contribution in [0.5, 0.6) is 0 Å². The quantitative estimate of drug-likeness (QED) is 0.149. The highest BCUT2D eigenvalue weighted by Crippen LogP contribution is 2.54. The molecule has 0 aliphatic rings. The Hall–Kier alpha value is -10.9. The van der Waals surface area contributed by atoms with Crippen molar-refractivity contribution in [2.24, 2.45) is 0 Å². The Morgan fingerprint density at radius 3 is 0.859 bits per heavy atom. The van der Waals surface area contributed by atoms with E-state index in [4.69, 9.17) is 28.0 Å². The Kier molecular flexibility index (Phi) is 7.57. The lowest BCUT2D eigenvalue weighted by molar-refractivity contribution is 1.02. The van der Waals surface area contributed by atoms with Crippen LogP contribution in [-0.2, 0) is 0 Å². The molecule has 0 aliphatic heterocycles. The van der Waals surface area contributed by atoms with E-state index in [-0.39, 0.29) is 22.8 Å². The summed E-state index contributed by atoms with van der Waals surface area (Å²) < 4.78 is 99.7. The van der Waals surface area contributed by atoms with Crippen molar-refractivity contribution in [1.82, 2.24) is 33.2 Å². The highest BCUT2D eigenvalue weighted by Gasteiger charge is 2.36. The molecule has 8 nitrogen and oxygen atoms in total. The van der Waals surface area contributed by atoms with Crippen LogP contribution >= 0.6 is 0 Å². The average Bonchev–Trinajstić information content (AvgIpc) is 1.42. The van der Waals surface area contributed by atoms with E-state index in [1.807, 2.05) is 138 Å². The van der Waals surface area contributed by atoms with Gasteiger partial charge in [-0.05, 0) is 48.5 Å². The minimum Gasteiger partial charge on any atom is -0.318 e. The van der Waals surface area contributed by atoms with Gasteiger partial charge in [-0.2, -0.15) is 0 Å². The molecular weight excluding hydrogens is 953 g/mol. The topological polar surface area (TPSA) is 62.8 Å². The lowest BCUT2D eigenvalue weighted by atomic mass is 10.00. The Morgan fingerprint density at radius 1 is 0.295 bits per heavy atom. The smallest absolute Gasteiger partial charge is 0.236 e. The summed E-state index contributed by atoms with van der Waals surface area (Å²) in [5.41, 5.74) is 6.99. The zero-order chi connectivity index (χ0) is 60.1. The maximum Gasteiger partial charge on any atom is 0.236 e. The van der Waals surface area contributed by atoms with Crippen molar-refractivity contribution in [1.29, 1.82) is 0 Å². The summed E-state index contributed by atoms with van der Waals surface area (Å²) in [5, 5.41) is 7.10. The summed E-state index contributed by atoms with van der Waals surface area (Å²) in [5.74, 6) is -1.15. The highest BCUT2D eigenvalue weighted by molar-refractivity contribution is 6.18. The van der Waals surface area contributed by atoms with Crippen molar-refractivity contribution in [3.63, 3.8) is 0 Å². The summed E-state index contributed by atoms with van der Waals surface area (Å²) in [6.45, 7) is 10.1. The van der Waals surface area contributed by atoms with Gasteiger partial charge in [0.2, 0.25) is 5.69 Å². The molecule has 0 amide bonds. The number of para-hydroxylation sites is 8. The fourth-order valence-electron chi connectivity index (χ4n) is 12.0. The molecule has 5 aromatic heterocycles. The Balaban J connectivity index is 1.28. The number of aromatic nitrogens is 7. The minimum absolute atomic E-state index is 0.114. The second-order valence-electron chi connectivity index (χ2n) is 19.0. The maximum absolute atomic E-state index is 10.1. The lowest BCUT2D eigenvalue weighted by Crippen LogP contribution is -2.15. The Bertz CT molecular complexity index is 5450. The summed E-state index contributed by atoms with van der Waals surface area (Å²) in [7, 11) is 0. The fourth-order valence-corrected chi connectivity index (χ4v) is 12.0. The van der Waals surface area contributed by atoms with Crippen molar-refractivity contribution < 1.29 is 13.7 Å². The molecule has 78 heavy (non-hydrogen) atoms. The molecule has 0 N–H and O–H groups in total. The molecule has 11 aromatic carbocycles. The molecule has 362 valence electrons. The minimum atomic E-state index is -0.682. The molecule has 0 bridgehead atoms. The molecule has 0 unspecified atom stereocenters. The zero-order valence-corrected chi connectivity index (χ0v) is 41.1. The molecule has 0 atom stereocenters. The number of hydrogen-bond donors (Lipinski definition) is 0. The first-order valence-electron chi connectivity index (χ1n) is 30.3. The van der Waals surface area contributed by atoms with Crippen LogP contribution in [-0.4, -0.2) is 33.2 Å². The largest absolute Gasteiger partial charge is 0.318 e. The average molecular weight is 1010 g/mol. The molecule has 0 fully saturated rings. The van der Waals surface area contributed by atoms with E-state index in [9.17, 15) is 12.1 Å². The zero-order valence-electron chi connectivity index (χ0n) is 51.1.